The Morgan fingerprint density at radius 3 is 2.44 bits per heavy atom. The third-order valence-corrected chi connectivity index (χ3v) is 3.86. The van der Waals surface area contributed by atoms with Crippen LogP contribution in [0.4, 0.5) is 0 Å². The van der Waals surface area contributed by atoms with Crippen LogP contribution in [0.2, 0.25) is 0 Å². The zero-order valence-corrected chi connectivity index (χ0v) is 9.98. The monoisotopic (exact) mass is 248 g/mol. The molecule has 2 aliphatic rings. The van der Waals surface area contributed by atoms with Gasteiger partial charge in [-0.3, -0.25) is 10.6 Å². The molecule has 0 spiro atoms. The van der Waals surface area contributed by atoms with Crippen LogP contribution in [0, 0.1) is 5.92 Å². The lowest BCUT2D eigenvalue weighted by atomic mass is 9.81. The van der Waals surface area contributed by atoms with Gasteiger partial charge in [-0.05, 0) is 31.6 Å². The van der Waals surface area contributed by atoms with Crippen LogP contribution >= 0.6 is 12.6 Å². The topological polar surface area (TPSA) is 84.8 Å². The van der Waals surface area contributed by atoms with Gasteiger partial charge in [0.05, 0.1) is 12.2 Å². The SMILES string of the molecule is OC1CCC(CC2NC(S)NC2O)C(O)C1. The van der Waals surface area contributed by atoms with Gasteiger partial charge in [-0.2, -0.15) is 0 Å². The summed E-state index contributed by atoms with van der Waals surface area (Å²) in [4.78, 5) is 0. The molecule has 6 unspecified atom stereocenters. The third-order valence-electron chi connectivity index (χ3n) is 3.57. The Hall–Kier alpha value is 0.150. The lowest BCUT2D eigenvalue weighted by Gasteiger charge is -2.32. The van der Waals surface area contributed by atoms with Gasteiger partial charge in [0, 0.05) is 6.04 Å². The summed E-state index contributed by atoms with van der Waals surface area (Å²) in [6.07, 6.45) is 1.26. The molecule has 6 heteroatoms. The second-order valence-corrected chi connectivity index (χ2v) is 5.33. The predicted molar refractivity (Wildman–Crippen MR) is 62.8 cm³/mol. The second-order valence-electron chi connectivity index (χ2n) is 4.82. The normalized spacial score (nSPS) is 49.5. The van der Waals surface area contributed by atoms with E-state index in [4.69, 9.17) is 0 Å². The smallest absolute Gasteiger partial charge is 0.122 e. The van der Waals surface area contributed by atoms with E-state index in [9.17, 15) is 15.3 Å². The van der Waals surface area contributed by atoms with Crippen LogP contribution in [0.1, 0.15) is 25.7 Å². The molecule has 0 aromatic carbocycles. The Morgan fingerprint density at radius 2 is 1.88 bits per heavy atom. The largest absolute Gasteiger partial charge is 0.393 e. The summed E-state index contributed by atoms with van der Waals surface area (Å²) >= 11 is 4.18. The predicted octanol–water partition coefficient (Wildman–Crippen LogP) is -1.01. The van der Waals surface area contributed by atoms with Crippen molar-refractivity contribution in [2.24, 2.45) is 5.92 Å². The molecule has 1 aliphatic carbocycles. The first kappa shape index (κ1) is 12.6. The van der Waals surface area contributed by atoms with Crippen molar-refractivity contribution in [1.82, 2.24) is 10.6 Å². The molecule has 1 heterocycles. The van der Waals surface area contributed by atoms with Crippen molar-refractivity contribution < 1.29 is 15.3 Å². The molecule has 0 radical (unpaired) electrons. The third kappa shape index (κ3) is 2.88. The van der Waals surface area contributed by atoms with E-state index < -0.39 is 12.3 Å². The minimum Gasteiger partial charge on any atom is -0.393 e. The van der Waals surface area contributed by atoms with E-state index in [2.05, 4.69) is 23.3 Å². The van der Waals surface area contributed by atoms with Gasteiger partial charge in [-0.25, -0.2) is 0 Å². The molecule has 2 fully saturated rings. The summed E-state index contributed by atoms with van der Waals surface area (Å²) < 4.78 is 0. The van der Waals surface area contributed by atoms with Crippen LogP contribution in [0.15, 0.2) is 0 Å². The van der Waals surface area contributed by atoms with Crippen LogP contribution in [0.25, 0.3) is 0 Å². The van der Waals surface area contributed by atoms with Crippen LogP contribution in [-0.4, -0.2) is 45.3 Å². The van der Waals surface area contributed by atoms with Crippen molar-refractivity contribution in [2.45, 2.75) is 55.7 Å². The molecule has 0 amide bonds. The standard InChI is InChI=1S/C10H20N2O3S/c13-6-2-1-5(8(14)4-6)3-7-9(15)12-10(16)11-7/h5-16H,1-4H2. The molecule has 6 atom stereocenters. The van der Waals surface area contributed by atoms with Gasteiger partial charge >= 0.3 is 0 Å². The van der Waals surface area contributed by atoms with Crippen LogP contribution in [0.5, 0.6) is 0 Å². The minimum atomic E-state index is -0.610. The van der Waals surface area contributed by atoms with Crippen molar-refractivity contribution >= 4 is 12.6 Å². The Bertz CT molecular complexity index is 244. The fourth-order valence-electron chi connectivity index (χ4n) is 2.61. The number of nitrogens with one attached hydrogen (secondary N) is 2. The second kappa shape index (κ2) is 5.20. The number of hydrogen-bond donors (Lipinski definition) is 6. The lowest BCUT2D eigenvalue weighted by Crippen LogP contribution is -2.40. The molecule has 0 aromatic heterocycles. The highest BCUT2D eigenvalue weighted by atomic mass is 32.1. The van der Waals surface area contributed by atoms with E-state index in [0.29, 0.717) is 12.8 Å². The van der Waals surface area contributed by atoms with E-state index in [1.54, 1.807) is 0 Å². The number of hydrogen-bond acceptors (Lipinski definition) is 6. The number of aliphatic hydroxyl groups excluding tert-OH is 3. The van der Waals surface area contributed by atoms with Crippen LogP contribution in [-0.2, 0) is 0 Å². The highest BCUT2D eigenvalue weighted by molar-refractivity contribution is 7.80. The number of thiol groups is 1. The van der Waals surface area contributed by atoms with Gasteiger partial charge in [-0.15, -0.1) is 12.6 Å². The van der Waals surface area contributed by atoms with Gasteiger partial charge < -0.3 is 15.3 Å². The maximum absolute atomic E-state index is 9.84. The van der Waals surface area contributed by atoms with Crippen molar-refractivity contribution in [3.8, 4) is 0 Å². The fourth-order valence-corrected chi connectivity index (χ4v) is 2.95. The molecule has 1 saturated heterocycles. The molecule has 5 nitrogen and oxygen atoms in total. The van der Waals surface area contributed by atoms with E-state index in [-0.39, 0.29) is 23.6 Å². The van der Waals surface area contributed by atoms with Crippen LogP contribution in [0.3, 0.4) is 0 Å². The lowest BCUT2D eigenvalue weighted by molar-refractivity contribution is -0.00924. The fraction of sp³-hybridized carbons (Fsp3) is 1.00. The molecular weight excluding hydrogens is 228 g/mol. The first-order chi connectivity index (χ1) is 7.56. The average molecular weight is 248 g/mol. The molecule has 0 bridgehead atoms. The molecule has 1 saturated carbocycles. The molecule has 5 N–H and O–H groups in total. The van der Waals surface area contributed by atoms with Gasteiger partial charge in [0.2, 0.25) is 0 Å². The summed E-state index contributed by atoms with van der Waals surface area (Å²) in [5, 5.41) is 34.9. The van der Waals surface area contributed by atoms with E-state index in [1.807, 2.05) is 0 Å². The first-order valence-electron chi connectivity index (χ1n) is 5.80. The maximum Gasteiger partial charge on any atom is 0.122 e. The van der Waals surface area contributed by atoms with Gasteiger partial charge in [0.15, 0.2) is 0 Å². The van der Waals surface area contributed by atoms with Crippen molar-refractivity contribution in [2.75, 3.05) is 0 Å². The highest BCUT2D eigenvalue weighted by Gasteiger charge is 2.35. The average Bonchev–Trinajstić information content (AvgIpc) is 2.50. The Balaban J connectivity index is 1.85. The van der Waals surface area contributed by atoms with Gasteiger partial charge in [0.25, 0.3) is 0 Å². The Labute approximate surface area is 101 Å². The minimum absolute atomic E-state index is 0.0719. The van der Waals surface area contributed by atoms with Crippen molar-refractivity contribution in [3.63, 3.8) is 0 Å². The molecule has 0 aromatic rings. The quantitative estimate of drug-likeness (QED) is 0.353. The molecule has 2 rings (SSSR count). The van der Waals surface area contributed by atoms with Gasteiger partial charge in [-0.1, -0.05) is 0 Å². The highest BCUT2D eigenvalue weighted by Crippen LogP contribution is 2.29. The Morgan fingerprint density at radius 1 is 1.12 bits per heavy atom. The summed E-state index contributed by atoms with van der Waals surface area (Å²) in [7, 11) is 0. The molecule has 1 aliphatic heterocycles. The summed E-state index contributed by atoms with van der Waals surface area (Å²) in [5.41, 5.74) is -0.189. The van der Waals surface area contributed by atoms with Crippen molar-refractivity contribution in [3.05, 3.63) is 0 Å². The van der Waals surface area contributed by atoms with E-state index >= 15 is 0 Å². The van der Waals surface area contributed by atoms with Crippen molar-refractivity contribution in [1.29, 1.82) is 0 Å². The number of aliphatic hydroxyl groups is 3. The molecular formula is C10H20N2O3S. The summed E-state index contributed by atoms with van der Waals surface area (Å²) in [6.45, 7) is 0. The first-order valence-corrected chi connectivity index (χ1v) is 6.32. The summed E-state index contributed by atoms with van der Waals surface area (Å²) in [5.74, 6) is 0.149. The summed E-state index contributed by atoms with van der Waals surface area (Å²) in [6, 6.07) is -0.0719. The zero-order chi connectivity index (χ0) is 11.7. The van der Waals surface area contributed by atoms with Crippen LogP contribution < -0.4 is 10.6 Å². The molecule has 94 valence electrons. The molecule has 16 heavy (non-hydrogen) atoms. The zero-order valence-electron chi connectivity index (χ0n) is 9.08. The number of rotatable bonds is 2. The van der Waals surface area contributed by atoms with E-state index in [1.165, 1.54) is 0 Å². The maximum atomic E-state index is 9.84. The Kier molecular flexibility index (Phi) is 4.10. The van der Waals surface area contributed by atoms with Gasteiger partial charge in [0.1, 0.15) is 11.7 Å². The van der Waals surface area contributed by atoms with E-state index in [0.717, 1.165) is 12.8 Å².